The van der Waals surface area contributed by atoms with Crippen molar-refractivity contribution in [3.8, 4) is 11.8 Å². The van der Waals surface area contributed by atoms with Crippen molar-refractivity contribution >= 4 is 22.7 Å². The molecular formula is C27H29FN6O3. The Morgan fingerprint density at radius 3 is 2.54 bits per heavy atom. The number of hydrogen-bond acceptors (Lipinski definition) is 7. The first-order chi connectivity index (χ1) is 18.0. The highest BCUT2D eigenvalue weighted by molar-refractivity contribution is 5.98. The summed E-state index contributed by atoms with van der Waals surface area (Å²) in [4.78, 5) is 21.2. The predicted molar refractivity (Wildman–Crippen MR) is 135 cm³/mol. The summed E-state index contributed by atoms with van der Waals surface area (Å²) in [7, 11) is 0. The van der Waals surface area contributed by atoms with Gasteiger partial charge < -0.3 is 14.7 Å². The number of aromatic nitrogens is 3. The van der Waals surface area contributed by atoms with Crippen molar-refractivity contribution in [2.45, 2.75) is 50.2 Å². The van der Waals surface area contributed by atoms with E-state index >= 15 is 0 Å². The van der Waals surface area contributed by atoms with Gasteiger partial charge in [-0.1, -0.05) is 6.42 Å². The maximum absolute atomic E-state index is 13.6. The van der Waals surface area contributed by atoms with Gasteiger partial charge in [-0.15, -0.1) is 0 Å². The molecule has 1 aliphatic carbocycles. The first kappa shape index (κ1) is 23.8. The quantitative estimate of drug-likeness (QED) is 0.560. The van der Waals surface area contributed by atoms with Gasteiger partial charge in [0.25, 0.3) is 0 Å². The molecule has 3 fully saturated rings. The lowest BCUT2D eigenvalue weighted by molar-refractivity contribution is -0.0208. The zero-order valence-corrected chi connectivity index (χ0v) is 20.5. The van der Waals surface area contributed by atoms with Crippen molar-refractivity contribution in [3.05, 3.63) is 47.5 Å². The fraction of sp³-hybridized carbons (Fsp3) is 0.481. The second kappa shape index (κ2) is 9.72. The molecule has 0 spiro atoms. The van der Waals surface area contributed by atoms with Crippen molar-refractivity contribution < 1.29 is 19.0 Å². The lowest BCUT2D eigenvalue weighted by Gasteiger charge is -2.42. The highest BCUT2D eigenvalue weighted by Gasteiger charge is 2.33. The van der Waals surface area contributed by atoms with Crippen LogP contribution in [-0.2, 0) is 4.74 Å². The van der Waals surface area contributed by atoms with Crippen LogP contribution in [0, 0.1) is 17.1 Å². The maximum Gasteiger partial charge on any atom is 0.354 e. The average molecular weight is 505 g/mol. The monoisotopic (exact) mass is 504 g/mol. The van der Waals surface area contributed by atoms with Gasteiger partial charge in [0.1, 0.15) is 5.82 Å². The van der Waals surface area contributed by atoms with Crippen molar-refractivity contribution in [2.75, 3.05) is 37.7 Å². The molecule has 9 nitrogen and oxygen atoms in total. The Labute approximate surface area is 214 Å². The number of fused-ring (bicyclic) bond motifs is 1. The molecule has 3 aromatic rings. The standard InChI is InChI=1S/C27H29FN6O3/c28-18-4-6-20(7-5-18)34-26-24(25(31-34)17-2-1-3-17)23(14-22(30-26)27(35)36)32-10-8-19(9-11-32)33-12-13-37-21(15-29)16-33/h4-7,14,17,19,21H,1-3,8-13,16H2,(H,35,36). The van der Waals surface area contributed by atoms with Crippen LogP contribution >= 0.6 is 0 Å². The molecule has 3 aliphatic rings. The maximum atomic E-state index is 13.6. The van der Waals surface area contributed by atoms with Crippen molar-refractivity contribution in [2.24, 2.45) is 0 Å². The minimum atomic E-state index is -1.09. The molecule has 0 radical (unpaired) electrons. The van der Waals surface area contributed by atoms with Gasteiger partial charge in [-0.05, 0) is 56.0 Å². The molecule has 1 saturated carbocycles. The second-order valence-corrected chi connectivity index (χ2v) is 10.1. The van der Waals surface area contributed by atoms with E-state index in [1.165, 1.54) is 12.1 Å². The number of halogens is 1. The molecule has 1 aromatic carbocycles. The topological polar surface area (TPSA) is 108 Å². The smallest absolute Gasteiger partial charge is 0.354 e. The number of ether oxygens (including phenoxy) is 1. The van der Waals surface area contributed by atoms with Gasteiger partial charge in [0.05, 0.1) is 35.1 Å². The van der Waals surface area contributed by atoms with Crippen molar-refractivity contribution in [1.29, 1.82) is 5.26 Å². The molecule has 2 aromatic heterocycles. The van der Waals surface area contributed by atoms with Gasteiger partial charge in [0, 0.05) is 38.1 Å². The Morgan fingerprint density at radius 1 is 1.14 bits per heavy atom. The van der Waals surface area contributed by atoms with Crippen LogP contribution in [-0.4, -0.2) is 75.7 Å². The van der Waals surface area contributed by atoms with Crippen LogP contribution in [0.15, 0.2) is 30.3 Å². The third kappa shape index (κ3) is 4.43. The fourth-order valence-electron chi connectivity index (χ4n) is 5.76. The first-order valence-corrected chi connectivity index (χ1v) is 12.9. The molecule has 2 aliphatic heterocycles. The summed E-state index contributed by atoms with van der Waals surface area (Å²) in [6.07, 6.45) is 4.65. The van der Waals surface area contributed by atoms with E-state index in [0.717, 1.165) is 68.5 Å². The number of nitrogens with zero attached hydrogens (tertiary/aromatic N) is 6. The van der Waals surface area contributed by atoms with Crippen LogP contribution < -0.4 is 4.90 Å². The summed E-state index contributed by atoms with van der Waals surface area (Å²) in [6.45, 7) is 3.55. The van der Waals surface area contributed by atoms with E-state index in [1.807, 2.05) is 0 Å². The third-order valence-corrected chi connectivity index (χ3v) is 7.99. The number of anilines is 1. The van der Waals surface area contributed by atoms with E-state index in [1.54, 1.807) is 22.9 Å². The fourth-order valence-corrected chi connectivity index (χ4v) is 5.76. The predicted octanol–water partition coefficient (Wildman–Crippen LogP) is 3.72. The molecule has 1 unspecified atom stereocenters. The molecule has 4 heterocycles. The van der Waals surface area contributed by atoms with Gasteiger partial charge >= 0.3 is 5.97 Å². The Bertz CT molecular complexity index is 1360. The Balaban J connectivity index is 1.38. The second-order valence-electron chi connectivity index (χ2n) is 10.1. The van der Waals surface area contributed by atoms with E-state index < -0.39 is 5.97 Å². The highest BCUT2D eigenvalue weighted by Crippen LogP contribution is 2.43. The van der Waals surface area contributed by atoms with Crippen LogP contribution in [0.4, 0.5) is 10.1 Å². The van der Waals surface area contributed by atoms with E-state index in [-0.39, 0.29) is 17.6 Å². The normalized spacial score (nSPS) is 21.6. The molecule has 0 bridgehead atoms. The number of benzene rings is 1. The molecule has 0 amide bonds. The number of rotatable bonds is 5. The minimum absolute atomic E-state index is 0.0296. The first-order valence-electron chi connectivity index (χ1n) is 12.9. The zero-order valence-electron chi connectivity index (χ0n) is 20.5. The molecular weight excluding hydrogens is 475 g/mol. The molecule has 37 heavy (non-hydrogen) atoms. The number of carbonyl (C=O) groups is 1. The van der Waals surface area contributed by atoms with E-state index in [4.69, 9.17) is 9.84 Å². The lowest BCUT2D eigenvalue weighted by atomic mass is 9.82. The number of nitriles is 1. The lowest BCUT2D eigenvalue weighted by Crippen LogP contribution is -2.51. The summed E-state index contributed by atoms with van der Waals surface area (Å²) < 4.78 is 20.8. The van der Waals surface area contributed by atoms with Gasteiger partial charge in [0.15, 0.2) is 17.4 Å². The molecule has 2 saturated heterocycles. The van der Waals surface area contributed by atoms with Gasteiger partial charge in [0.2, 0.25) is 0 Å². The van der Waals surface area contributed by atoms with Crippen LogP contribution in [0.5, 0.6) is 0 Å². The van der Waals surface area contributed by atoms with Gasteiger partial charge in [-0.25, -0.2) is 18.9 Å². The largest absolute Gasteiger partial charge is 0.477 e. The molecule has 10 heteroatoms. The SMILES string of the molecule is N#CC1CN(C2CCN(c3cc(C(=O)O)nc4c3c(C3CCC3)nn4-c3ccc(F)cc3)CC2)CCO1. The zero-order chi connectivity index (χ0) is 25.5. The number of aromatic carboxylic acids is 1. The van der Waals surface area contributed by atoms with Gasteiger partial charge in [-0.2, -0.15) is 10.4 Å². The molecule has 192 valence electrons. The minimum Gasteiger partial charge on any atom is -0.477 e. The summed E-state index contributed by atoms with van der Waals surface area (Å²) >= 11 is 0. The Hall–Kier alpha value is -3.55. The van der Waals surface area contributed by atoms with E-state index in [2.05, 4.69) is 20.9 Å². The average Bonchev–Trinajstić information content (AvgIpc) is 3.26. The molecule has 6 rings (SSSR count). The van der Waals surface area contributed by atoms with Crippen molar-refractivity contribution in [1.82, 2.24) is 19.7 Å². The van der Waals surface area contributed by atoms with E-state index in [0.29, 0.717) is 36.4 Å². The number of carboxylic acid groups (broad SMARTS) is 1. The Morgan fingerprint density at radius 2 is 1.89 bits per heavy atom. The molecule has 1 atom stereocenters. The summed E-state index contributed by atoms with van der Waals surface area (Å²) in [5, 5.41) is 25.0. The van der Waals surface area contributed by atoms with Crippen LogP contribution in [0.1, 0.15) is 54.2 Å². The number of pyridine rings is 1. The summed E-state index contributed by atoms with van der Waals surface area (Å²) in [5.74, 6) is -1.14. The number of piperidine rings is 1. The van der Waals surface area contributed by atoms with Crippen molar-refractivity contribution in [3.63, 3.8) is 0 Å². The molecule has 1 N–H and O–H groups in total. The van der Waals surface area contributed by atoms with Gasteiger partial charge in [-0.3, -0.25) is 4.90 Å². The van der Waals surface area contributed by atoms with Crippen LogP contribution in [0.3, 0.4) is 0 Å². The number of carboxylic acids is 1. The summed E-state index contributed by atoms with van der Waals surface area (Å²) in [6, 6.07) is 10.3. The van der Waals surface area contributed by atoms with E-state index in [9.17, 15) is 19.6 Å². The van der Waals surface area contributed by atoms with Crippen LogP contribution in [0.25, 0.3) is 16.7 Å². The van der Waals surface area contributed by atoms with Crippen LogP contribution in [0.2, 0.25) is 0 Å². The highest BCUT2D eigenvalue weighted by atomic mass is 19.1. The third-order valence-electron chi connectivity index (χ3n) is 7.99. The number of hydrogen-bond donors (Lipinski definition) is 1. The Kier molecular flexibility index (Phi) is 6.26. The number of morpholine rings is 1. The summed E-state index contributed by atoms with van der Waals surface area (Å²) in [5.41, 5.74) is 2.91.